The molecule has 0 spiro atoms. The minimum atomic E-state index is 0.919. The van der Waals surface area contributed by atoms with Gasteiger partial charge in [-0.25, -0.2) is 0 Å². The lowest BCUT2D eigenvalue weighted by Gasteiger charge is -2.35. The monoisotopic (exact) mass is 338 g/mol. The van der Waals surface area contributed by atoms with Crippen molar-refractivity contribution < 1.29 is 0 Å². The van der Waals surface area contributed by atoms with Gasteiger partial charge >= 0.3 is 0 Å². The maximum absolute atomic E-state index is 4.11. The van der Waals surface area contributed by atoms with E-state index in [1.54, 1.807) is 0 Å². The van der Waals surface area contributed by atoms with Gasteiger partial charge in [-0.2, -0.15) is 0 Å². The molecule has 1 aromatic heterocycles. The highest BCUT2D eigenvalue weighted by molar-refractivity contribution is 9.10. The average molecular weight is 339 g/mol. The van der Waals surface area contributed by atoms with Crippen LogP contribution in [0.2, 0.25) is 0 Å². The van der Waals surface area contributed by atoms with Gasteiger partial charge in [-0.1, -0.05) is 26.5 Å². The van der Waals surface area contributed by atoms with Crippen LogP contribution in [0, 0.1) is 0 Å². The third kappa shape index (κ3) is 3.32. The fourth-order valence-electron chi connectivity index (χ4n) is 2.32. The number of halogens is 1. The molecule has 3 rings (SSSR count). The molecule has 0 aliphatic carbocycles. The van der Waals surface area contributed by atoms with Crippen molar-refractivity contribution in [3.05, 3.63) is 39.8 Å². The van der Waals surface area contributed by atoms with E-state index in [-0.39, 0.29) is 0 Å². The van der Waals surface area contributed by atoms with Gasteiger partial charge < -0.3 is 4.90 Å². The Morgan fingerprint density at radius 2 is 2.05 bits per heavy atom. The third-order valence-corrected chi connectivity index (χ3v) is 4.38. The SMILES string of the molecule is Brc1cccc(N2CCN(Cc3csnn3)CC2)c1. The number of aromatic nitrogens is 2. The number of benzene rings is 1. The van der Waals surface area contributed by atoms with Crippen molar-refractivity contribution >= 4 is 33.1 Å². The molecule has 2 aromatic rings. The lowest BCUT2D eigenvalue weighted by molar-refractivity contribution is 0.247. The van der Waals surface area contributed by atoms with Crippen LogP contribution in [0.3, 0.4) is 0 Å². The first-order valence-corrected chi connectivity index (χ1v) is 7.93. The van der Waals surface area contributed by atoms with Gasteiger partial charge in [0, 0.05) is 48.3 Å². The Labute approximate surface area is 125 Å². The largest absolute Gasteiger partial charge is 0.369 e. The summed E-state index contributed by atoms with van der Waals surface area (Å²) in [5.41, 5.74) is 2.38. The number of rotatable bonds is 3. The Morgan fingerprint density at radius 1 is 1.21 bits per heavy atom. The standard InChI is InChI=1S/C13H15BrN4S/c14-11-2-1-3-13(8-11)18-6-4-17(5-7-18)9-12-10-19-16-15-12/h1-3,8,10H,4-7,9H2. The summed E-state index contributed by atoms with van der Waals surface area (Å²) in [6, 6.07) is 8.51. The van der Waals surface area contributed by atoms with E-state index < -0.39 is 0 Å². The van der Waals surface area contributed by atoms with Crippen LogP contribution in [0.4, 0.5) is 5.69 Å². The van der Waals surface area contributed by atoms with E-state index in [0.717, 1.165) is 42.9 Å². The highest BCUT2D eigenvalue weighted by Crippen LogP contribution is 2.21. The van der Waals surface area contributed by atoms with E-state index in [9.17, 15) is 0 Å². The first-order valence-electron chi connectivity index (χ1n) is 6.30. The van der Waals surface area contributed by atoms with Crippen molar-refractivity contribution in [2.24, 2.45) is 0 Å². The molecule has 2 heterocycles. The van der Waals surface area contributed by atoms with Gasteiger partial charge in [0.25, 0.3) is 0 Å². The molecule has 1 aliphatic rings. The topological polar surface area (TPSA) is 32.3 Å². The summed E-state index contributed by atoms with van der Waals surface area (Å²) >= 11 is 4.95. The van der Waals surface area contributed by atoms with Crippen molar-refractivity contribution in [3.8, 4) is 0 Å². The van der Waals surface area contributed by atoms with Crippen LogP contribution in [0.5, 0.6) is 0 Å². The summed E-state index contributed by atoms with van der Waals surface area (Å²) in [4.78, 5) is 4.87. The molecule has 100 valence electrons. The normalized spacial score (nSPS) is 16.8. The van der Waals surface area contributed by atoms with Crippen molar-refractivity contribution in [2.75, 3.05) is 31.1 Å². The third-order valence-electron chi connectivity index (χ3n) is 3.34. The fourth-order valence-corrected chi connectivity index (χ4v) is 3.15. The Hall–Kier alpha value is -0.980. The molecule has 19 heavy (non-hydrogen) atoms. The van der Waals surface area contributed by atoms with Crippen LogP contribution in [0.15, 0.2) is 34.1 Å². The lowest BCUT2D eigenvalue weighted by Crippen LogP contribution is -2.46. The number of anilines is 1. The quantitative estimate of drug-likeness (QED) is 0.861. The molecule has 0 bridgehead atoms. The number of hydrogen-bond acceptors (Lipinski definition) is 5. The van der Waals surface area contributed by atoms with Crippen LogP contribution in [0.25, 0.3) is 0 Å². The van der Waals surface area contributed by atoms with Crippen LogP contribution in [-0.2, 0) is 6.54 Å². The van der Waals surface area contributed by atoms with Gasteiger partial charge in [-0.3, -0.25) is 4.90 Å². The smallest absolute Gasteiger partial charge is 0.0895 e. The lowest BCUT2D eigenvalue weighted by atomic mass is 10.2. The predicted molar refractivity (Wildman–Crippen MR) is 81.5 cm³/mol. The summed E-state index contributed by atoms with van der Waals surface area (Å²) in [6.45, 7) is 5.19. The molecular weight excluding hydrogens is 324 g/mol. The van der Waals surface area contributed by atoms with E-state index in [0.29, 0.717) is 0 Å². The summed E-state index contributed by atoms with van der Waals surface area (Å²) in [6.07, 6.45) is 0. The second kappa shape index (κ2) is 5.98. The van der Waals surface area contributed by atoms with Gasteiger partial charge in [0.05, 0.1) is 5.69 Å². The Morgan fingerprint density at radius 3 is 2.74 bits per heavy atom. The summed E-state index contributed by atoms with van der Waals surface area (Å²) < 4.78 is 5.05. The van der Waals surface area contributed by atoms with Crippen molar-refractivity contribution in [1.29, 1.82) is 0 Å². The van der Waals surface area contributed by atoms with Crippen LogP contribution < -0.4 is 4.90 Å². The Bertz CT molecular complexity index is 523. The molecule has 0 atom stereocenters. The highest BCUT2D eigenvalue weighted by atomic mass is 79.9. The van der Waals surface area contributed by atoms with Crippen LogP contribution >= 0.6 is 27.5 Å². The molecule has 6 heteroatoms. The molecular formula is C13H15BrN4S. The second-order valence-electron chi connectivity index (χ2n) is 4.64. The summed E-state index contributed by atoms with van der Waals surface area (Å²) in [5.74, 6) is 0. The van der Waals surface area contributed by atoms with Crippen LogP contribution in [0.1, 0.15) is 5.69 Å². The number of piperazine rings is 1. The van der Waals surface area contributed by atoms with E-state index in [2.05, 4.69) is 59.6 Å². The van der Waals surface area contributed by atoms with Crippen molar-refractivity contribution in [3.63, 3.8) is 0 Å². The molecule has 0 amide bonds. The van der Waals surface area contributed by atoms with E-state index >= 15 is 0 Å². The molecule has 1 fully saturated rings. The zero-order chi connectivity index (χ0) is 13.1. The molecule has 1 saturated heterocycles. The van der Waals surface area contributed by atoms with E-state index in [1.807, 2.05) is 5.38 Å². The van der Waals surface area contributed by atoms with Gasteiger partial charge in [0.15, 0.2) is 0 Å². The summed E-state index contributed by atoms with van der Waals surface area (Å²) in [7, 11) is 0. The minimum Gasteiger partial charge on any atom is -0.369 e. The van der Waals surface area contributed by atoms with E-state index in [1.165, 1.54) is 17.2 Å². The molecule has 0 radical (unpaired) electrons. The highest BCUT2D eigenvalue weighted by Gasteiger charge is 2.18. The molecule has 1 aliphatic heterocycles. The molecule has 1 aromatic carbocycles. The maximum Gasteiger partial charge on any atom is 0.0895 e. The predicted octanol–water partition coefficient (Wildman–Crippen LogP) is 2.62. The first kappa shape index (κ1) is 13.0. The Kier molecular flexibility index (Phi) is 4.10. The zero-order valence-corrected chi connectivity index (χ0v) is 12.9. The van der Waals surface area contributed by atoms with Gasteiger partial charge in [-0.05, 0) is 29.7 Å². The van der Waals surface area contributed by atoms with Gasteiger partial charge in [0.1, 0.15) is 0 Å². The molecule has 0 saturated carbocycles. The van der Waals surface area contributed by atoms with Crippen molar-refractivity contribution in [2.45, 2.75) is 6.54 Å². The number of nitrogens with zero attached hydrogens (tertiary/aromatic N) is 4. The second-order valence-corrected chi connectivity index (χ2v) is 6.16. The molecule has 0 unspecified atom stereocenters. The average Bonchev–Trinajstić information content (AvgIpc) is 2.92. The minimum absolute atomic E-state index is 0.919. The van der Waals surface area contributed by atoms with Gasteiger partial charge in [0.2, 0.25) is 0 Å². The molecule has 4 nitrogen and oxygen atoms in total. The summed E-state index contributed by atoms with van der Waals surface area (Å²) in [5, 5.41) is 6.13. The maximum atomic E-state index is 4.11. The Balaban J connectivity index is 1.57. The van der Waals surface area contributed by atoms with Gasteiger partial charge in [-0.15, -0.1) is 5.10 Å². The zero-order valence-electron chi connectivity index (χ0n) is 10.5. The van der Waals surface area contributed by atoms with Crippen LogP contribution in [-0.4, -0.2) is 40.7 Å². The van der Waals surface area contributed by atoms with Crippen molar-refractivity contribution in [1.82, 2.24) is 14.5 Å². The number of hydrogen-bond donors (Lipinski definition) is 0. The first-order chi connectivity index (χ1) is 9.31. The fraction of sp³-hybridized carbons (Fsp3) is 0.385. The molecule has 0 N–H and O–H groups in total. The van der Waals surface area contributed by atoms with E-state index in [4.69, 9.17) is 0 Å².